The van der Waals surface area contributed by atoms with Gasteiger partial charge in [0.15, 0.2) is 5.84 Å². The first-order valence-electron chi connectivity index (χ1n) is 6.44. The predicted octanol–water partition coefficient (Wildman–Crippen LogP) is 0.796. The fraction of sp³-hybridized carbons (Fsp3) is 0.214. The third-order valence-electron chi connectivity index (χ3n) is 2.97. The molecule has 2 rings (SSSR count). The van der Waals surface area contributed by atoms with Crippen LogP contribution in [0.2, 0.25) is 0 Å². The number of oxime groups is 1. The van der Waals surface area contributed by atoms with Gasteiger partial charge in [-0.3, -0.25) is 4.79 Å². The summed E-state index contributed by atoms with van der Waals surface area (Å²) in [6.45, 7) is 2.57. The van der Waals surface area contributed by atoms with Gasteiger partial charge in [-0.15, -0.1) is 0 Å². The van der Waals surface area contributed by atoms with Gasteiger partial charge >= 0.3 is 0 Å². The second-order valence-corrected chi connectivity index (χ2v) is 4.70. The van der Waals surface area contributed by atoms with E-state index in [9.17, 15) is 4.79 Å². The molecule has 4 N–H and O–H groups in total. The molecule has 21 heavy (non-hydrogen) atoms. The van der Waals surface area contributed by atoms with Gasteiger partial charge < -0.3 is 20.8 Å². The van der Waals surface area contributed by atoms with Gasteiger partial charge in [-0.25, -0.2) is 4.98 Å². The number of amidine groups is 1. The first kappa shape index (κ1) is 14.6. The van der Waals surface area contributed by atoms with Crippen LogP contribution in [0.1, 0.15) is 22.8 Å². The zero-order valence-corrected chi connectivity index (χ0v) is 11.6. The van der Waals surface area contributed by atoms with E-state index in [0.29, 0.717) is 17.7 Å². The number of amides is 1. The molecule has 0 aliphatic carbocycles. The zero-order chi connectivity index (χ0) is 15.2. The lowest BCUT2D eigenvalue weighted by atomic mass is 10.1. The van der Waals surface area contributed by atoms with E-state index in [0.717, 1.165) is 0 Å². The van der Waals surface area contributed by atoms with Crippen molar-refractivity contribution in [3.05, 3.63) is 54.1 Å². The maximum Gasteiger partial charge on any atom is 0.251 e. The first-order chi connectivity index (χ1) is 10.1. The molecule has 1 unspecified atom stereocenters. The highest BCUT2D eigenvalue weighted by Gasteiger charge is 2.10. The van der Waals surface area contributed by atoms with Crippen LogP contribution in [0.25, 0.3) is 0 Å². The van der Waals surface area contributed by atoms with Crippen molar-refractivity contribution in [3.8, 4) is 0 Å². The number of carbonyl (C=O) groups excluding carboxylic acids is 1. The van der Waals surface area contributed by atoms with Crippen LogP contribution in [-0.2, 0) is 6.54 Å². The van der Waals surface area contributed by atoms with Crippen LogP contribution < -0.4 is 11.1 Å². The molecule has 0 bridgehead atoms. The Balaban J connectivity index is 1.96. The number of hydrogen-bond donors (Lipinski definition) is 3. The van der Waals surface area contributed by atoms with Crippen molar-refractivity contribution in [1.82, 2.24) is 14.9 Å². The maximum atomic E-state index is 12.1. The molecule has 1 aromatic heterocycles. The fourth-order valence-electron chi connectivity index (χ4n) is 1.91. The summed E-state index contributed by atoms with van der Waals surface area (Å²) in [4.78, 5) is 16.0. The molecule has 0 saturated heterocycles. The topological polar surface area (TPSA) is 106 Å². The van der Waals surface area contributed by atoms with E-state index < -0.39 is 0 Å². The number of nitrogens with two attached hydrogens (primary N) is 1. The average molecular weight is 287 g/mol. The van der Waals surface area contributed by atoms with Crippen molar-refractivity contribution in [3.63, 3.8) is 0 Å². The Kier molecular flexibility index (Phi) is 4.55. The minimum absolute atomic E-state index is 0.00966. The molecule has 7 nitrogen and oxygen atoms in total. The van der Waals surface area contributed by atoms with E-state index >= 15 is 0 Å². The normalized spacial score (nSPS) is 12.9. The van der Waals surface area contributed by atoms with Crippen LogP contribution in [0, 0.1) is 0 Å². The highest BCUT2D eigenvalue weighted by Crippen LogP contribution is 2.05. The third-order valence-corrected chi connectivity index (χ3v) is 2.97. The smallest absolute Gasteiger partial charge is 0.251 e. The molecule has 0 aliphatic rings. The van der Waals surface area contributed by atoms with Crippen molar-refractivity contribution in [2.24, 2.45) is 10.9 Å². The molecular formula is C14H17N5O2. The SMILES string of the molecule is CC(Cn1ccnc1)NC(=O)c1ccc(C(N)=NO)cc1. The molecule has 1 heterocycles. The summed E-state index contributed by atoms with van der Waals surface area (Å²) in [6, 6.07) is 6.49. The molecule has 110 valence electrons. The lowest BCUT2D eigenvalue weighted by Crippen LogP contribution is -2.35. The Hall–Kier alpha value is -2.83. The van der Waals surface area contributed by atoms with Gasteiger partial charge in [0.05, 0.1) is 6.33 Å². The monoisotopic (exact) mass is 287 g/mol. The van der Waals surface area contributed by atoms with E-state index in [1.807, 2.05) is 17.7 Å². The van der Waals surface area contributed by atoms with Gasteiger partial charge in [-0.2, -0.15) is 0 Å². The number of carbonyl (C=O) groups is 1. The molecule has 2 aromatic rings. The number of rotatable bonds is 5. The lowest BCUT2D eigenvalue weighted by Gasteiger charge is -2.14. The van der Waals surface area contributed by atoms with E-state index in [4.69, 9.17) is 10.9 Å². The van der Waals surface area contributed by atoms with Gasteiger partial charge in [-0.05, 0) is 19.1 Å². The third kappa shape index (κ3) is 3.82. The van der Waals surface area contributed by atoms with Crippen LogP contribution in [-0.4, -0.2) is 32.5 Å². The molecule has 0 radical (unpaired) electrons. The van der Waals surface area contributed by atoms with Gasteiger partial charge in [-0.1, -0.05) is 17.3 Å². The van der Waals surface area contributed by atoms with Crippen LogP contribution in [0.5, 0.6) is 0 Å². The van der Waals surface area contributed by atoms with Crippen molar-refractivity contribution >= 4 is 11.7 Å². The Morgan fingerprint density at radius 2 is 2.10 bits per heavy atom. The number of nitrogens with one attached hydrogen (secondary N) is 1. The van der Waals surface area contributed by atoms with Gasteiger partial charge in [0, 0.05) is 36.1 Å². The number of benzene rings is 1. The van der Waals surface area contributed by atoms with Crippen molar-refractivity contribution in [2.45, 2.75) is 19.5 Å². The second kappa shape index (κ2) is 6.56. The van der Waals surface area contributed by atoms with Crippen LogP contribution in [0.4, 0.5) is 0 Å². The first-order valence-corrected chi connectivity index (χ1v) is 6.44. The summed E-state index contributed by atoms with van der Waals surface area (Å²) in [5.41, 5.74) is 6.54. The van der Waals surface area contributed by atoms with Gasteiger partial charge in [0.2, 0.25) is 0 Å². The molecule has 7 heteroatoms. The largest absolute Gasteiger partial charge is 0.409 e. The Morgan fingerprint density at radius 1 is 1.43 bits per heavy atom. The minimum atomic E-state index is -0.173. The summed E-state index contributed by atoms with van der Waals surface area (Å²) < 4.78 is 1.90. The van der Waals surface area contributed by atoms with Gasteiger partial charge in [0.25, 0.3) is 5.91 Å². The minimum Gasteiger partial charge on any atom is -0.409 e. The summed E-state index contributed by atoms with van der Waals surface area (Å²) >= 11 is 0. The molecular weight excluding hydrogens is 270 g/mol. The van der Waals surface area contributed by atoms with E-state index in [-0.39, 0.29) is 17.8 Å². The molecule has 1 aromatic carbocycles. The Morgan fingerprint density at radius 3 is 2.67 bits per heavy atom. The second-order valence-electron chi connectivity index (χ2n) is 4.70. The highest BCUT2D eigenvalue weighted by molar-refractivity contribution is 5.99. The predicted molar refractivity (Wildman–Crippen MR) is 78.1 cm³/mol. The summed E-state index contributed by atoms with van der Waals surface area (Å²) in [7, 11) is 0. The average Bonchev–Trinajstić information content (AvgIpc) is 2.99. The van der Waals surface area contributed by atoms with Crippen molar-refractivity contribution < 1.29 is 10.0 Å². The van der Waals surface area contributed by atoms with Crippen LogP contribution in [0.15, 0.2) is 48.1 Å². The molecule has 0 spiro atoms. The van der Waals surface area contributed by atoms with E-state index in [2.05, 4.69) is 15.5 Å². The summed E-state index contributed by atoms with van der Waals surface area (Å²) in [5, 5.41) is 14.4. The molecule has 1 atom stereocenters. The Bertz CT molecular complexity index is 619. The van der Waals surface area contributed by atoms with E-state index in [1.165, 1.54) is 0 Å². The number of aromatic nitrogens is 2. The summed E-state index contributed by atoms with van der Waals surface area (Å²) in [5.74, 6) is -0.163. The van der Waals surface area contributed by atoms with Crippen molar-refractivity contribution in [2.75, 3.05) is 0 Å². The summed E-state index contributed by atoms with van der Waals surface area (Å²) in [6.07, 6.45) is 5.24. The standard InChI is InChI=1S/C14H17N5O2/c1-10(8-19-7-6-16-9-19)17-14(20)12-4-2-11(3-5-12)13(15)18-21/h2-7,9-10,21H,8H2,1H3,(H2,15,18)(H,17,20). The molecule has 0 saturated carbocycles. The zero-order valence-electron chi connectivity index (χ0n) is 11.6. The highest BCUT2D eigenvalue weighted by atomic mass is 16.4. The molecule has 1 amide bonds. The van der Waals surface area contributed by atoms with Crippen molar-refractivity contribution in [1.29, 1.82) is 0 Å². The van der Waals surface area contributed by atoms with Gasteiger partial charge in [0.1, 0.15) is 0 Å². The maximum absolute atomic E-state index is 12.1. The van der Waals surface area contributed by atoms with Crippen LogP contribution in [0.3, 0.4) is 0 Å². The lowest BCUT2D eigenvalue weighted by molar-refractivity contribution is 0.0936. The fourth-order valence-corrected chi connectivity index (χ4v) is 1.91. The molecule has 0 aliphatic heterocycles. The van der Waals surface area contributed by atoms with Crippen LogP contribution >= 0.6 is 0 Å². The van der Waals surface area contributed by atoms with E-state index in [1.54, 1.807) is 36.8 Å². The Labute approximate surface area is 122 Å². The number of hydrogen-bond acceptors (Lipinski definition) is 4. The number of imidazole rings is 1. The quantitative estimate of drug-likeness (QED) is 0.327. The molecule has 0 fully saturated rings. The number of nitrogens with zero attached hydrogens (tertiary/aromatic N) is 3.